The zero-order valence-electron chi connectivity index (χ0n) is 16.3. The van der Waals surface area contributed by atoms with Gasteiger partial charge in [-0.05, 0) is 55.4 Å². The summed E-state index contributed by atoms with van der Waals surface area (Å²) in [5.74, 6) is 1.23. The molecule has 5 rings (SSSR count). The first-order chi connectivity index (χ1) is 14.3. The van der Waals surface area contributed by atoms with E-state index in [9.17, 15) is 0 Å². The number of aromatic nitrogens is 4. The SMILES string of the molecule is Nc1nc(-n2ccnc2)cc2c1cnc1cc(C=CCCN3CCCC3)ccc12. The highest BCUT2D eigenvalue weighted by atomic mass is 15.1. The Bertz CT molecular complexity index is 1170. The Morgan fingerprint density at radius 1 is 1.07 bits per heavy atom. The quantitative estimate of drug-likeness (QED) is 0.526. The van der Waals surface area contributed by atoms with Crippen LogP contribution >= 0.6 is 0 Å². The van der Waals surface area contributed by atoms with Crippen molar-refractivity contribution in [2.75, 3.05) is 25.4 Å². The smallest absolute Gasteiger partial charge is 0.140 e. The molecule has 0 atom stereocenters. The summed E-state index contributed by atoms with van der Waals surface area (Å²) in [5.41, 5.74) is 8.35. The Hall–Kier alpha value is -3.25. The zero-order valence-corrected chi connectivity index (χ0v) is 16.3. The Morgan fingerprint density at radius 2 is 1.97 bits per heavy atom. The van der Waals surface area contributed by atoms with Crippen LogP contribution in [0.1, 0.15) is 24.8 Å². The van der Waals surface area contributed by atoms with Gasteiger partial charge in [0.2, 0.25) is 0 Å². The normalized spacial score (nSPS) is 15.2. The van der Waals surface area contributed by atoms with Crippen LogP contribution in [0.25, 0.3) is 33.6 Å². The molecule has 1 aromatic carbocycles. The van der Waals surface area contributed by atoms with Gasteiger partial charge in [-0.1, -0.05) is 24.3 Å². The molecule has 6 nitrogen and oxygen atoms in total. The fourth-order valence-corrected chi connectivity index (χ4v) is 4.05. The van der Waals surface area contributed by atoms with E-state index in [0.717, 1.165) is 40.5 Å². The fraction of sp³-hybridized carbons (Fsp3) is 0.261. The van der Waals surface area contributed by atoms with Crippen molar-refractivity contribution >= 4 is 33.6 Å². The molecule has 1 fully saturated rings. The Labute approximate surface area is 169 Å². The first kappa shape index (κ1) is 17.8. The van der Waals surface area contributed by atoms with Crippen LogP contribution in [0.15, 0.2) is 55.3 Å². The third-order valence-electron chi connectivity index (χ3n) is 5.61. The van der Waals surface area contributed by atoms with Crippen molar-refractivity contribution in [3.8, 4) is 5.82 Å². The van der Waals surface area contributed by atoms with Gasteiger partial charge in [0.05, 0.1) is 5.52 Å². The van der Waals surface area contributed by atoms with Crippen LogP contribution in [0.5, 0.6) is 0 Å². The molecule has 0 bridgehead atoms. The minimum atomic E-state index is 0.478. The van der Waals surface area contributed by atoms with Crippen molar-refractivity contribution in [1.82, 2.24) is 24.4 Å². The third kappa shape index (κ3) is 3.59. The predicted molar refractivity (Wildman–Crippen MR) is 118 cm³/mol. The number of pyridine rings is 2. The monoisotopic (exact) mass is 384 g/mol. The highest BCUT2D eigenvalue weighted by Gasteiger charge is 2.10. The van der Waals surface area contributed by atoms with Gasteiger partial charge in [-0.25, -0.2) is 9.97 Å². The molecule has 1 saturated heterocycles. The van der Waals surface area contributed by atoms with Crippen LogP contribution in [0.4, 0.5) is 5.82 Å². The minimum Gasteiger partial charge on any atom is -0.383 e. The van der Waals surface area contributed by atoms with Crippen molar-refractivity contribution in [1.29, 1.82) is 0 Å². The molecule has 0 aliphatic carbocycles. The van der Waals surface area contributed by atoms with Gasteiger partial charge < -0.3 is 10.6 Å². The summed E-state index contributed by atoms with van der Waals surface area (Å²) in [5, 5.41) is 3.00. The summed E-state index contributed by atoms with van der Waals surface area (Å²) >= 11 is 0. The second-order valence-electron chi connectivity index (χ2n) is 7.57. The molecule has 3 aromatic heterocycles. The number of nitrogens with zero attached hydrogens (tertiary/aromatic N) is 5. The van der Waals surface area contributed by atoms with Crippen LogP contribution in [0.3, 0.4) is 0 Å². The second kappa shape index (κ2) is 7.64. The molecular formula is C23H24N6. The minimum absolute atomic E-state index is 0.478. The summed E-state index contributed by atoms with van der Waals surface area (Å²) < 4.78 is 1.86. The maximum absolute atomic E-state index is 6.22. The lowest BCUT2D eigenvalue weighted by atomic mass is 10.0. The van der Waals surface area contributed by atoms with Gasteiger partial charge in [-0.3, -0.25) is 9.55 Å². The largest absolute Gasteiger partial charge is 0.383 e. The molecule has 0 radical (unpaired) electrons. The number of fused-ring (bicyclic) bond motifs is 3. The lowest BCUT2D eigenvalue weighted by molar-refractivity contribution is 0.346. The molecule has 0 unspecified atom stereocenters. The molecule has 0 spiro atoms. The van der Waals surface area contributed by atoms with Gasteiger partial charge in [0.15, 0.2) is 0 Å². The number of hydrogen-bond acceptors (Lipinski definition) is 5. The van der Waals surface area contributed by atoms with E-state index >= 15 is 0 Å². The van der Waals surface area contributed by atoms with Gasteiger partial charge in [-0.15, -0.1) is 0 Å². The van der Waals surface area contributed by atoms with Crippen LogP contribution in [-0.4, -0.2) is 44.1 Å². The van der Waals surface area contributed by atoms with E-state index in [1.807, 2.05) is 23.0 Å². The van der Waals surface area contributed by atoms with Crippen LogP contribution in [0.2, 0.25) is 0 Å². The van der Waals surface area contributed by atoms with E-state index in [1.54, 1.807) is 12.5 Å². The number of benzene rings is 1. The summed E-state index contributed by atoms with van der Waals surface area (Å²) in [6, 6.07) is 8.45. The Balaban J connectivity index is 1.45. The fourth-order valence-electron chi connectivity index (χ4n) is 4.05. The van der Waals surface area contributed by atoms with Gasteiger partial charge in [0.1, 0.15) is 18.0 Å². The summed E-state index contributed by atoms with van der Waals surface area (Å²) in [6.45, 7) is 3.65. The molecular weight excluding hydrogens is 360 g/mol. The highest BCUT2D eigenvalue weighted by Crippen LogP contribution is 2.29. The van der Waals surface area contributed by atoms with Crippen molar-refractivity contribution in [3.05, 3.63) is 60.8 Å². The lowest BCUT2D eigenvalue weighted by Crippen LogP contribution is -2.19. The van der Waals surface area contributed by atoms with E-state index in [4.69, 9.17) is 5.73 Å². The highest BCUT2D eigenvalue weighted by molar-refractivity contribution is 6.09. The average molecular weight is 384 g/mol. The van der Waals surface area contributed by atoms with E-state index in [0.29, 0.717) is 5.82 Å². The van der Waals surface area contributed by atoms with E-state index in [-0.39, 0.29) is 0 Å². The molecule has 1 aliphatic heterocycles. The number of hydrogen-bond donors (Lipinski definition) is 1. The number of anilines is 1. The third-order valence-corrected chi connectivity index (χ3v) is 5.61. The number of nitrogen functional groups attached to an aromatic ring is 1. The van der Waals surface area contributed by atoms with E-state index < -0.39 is 0 Å². The molecule has 6 heteroatoms. The lowest BCUT2D eigenvalue weighted by Gasteiger charge is -2.12. The Kier molecular flexibility index (Phi) is 4.69. The second-order valence-corrected chi connectivity index (χ2v) is 7.57. The average Bonchev–Trinajstić information content (AvgIpc) is 3.45. The molecule has 0 saturated carbocycles. The molecule has 1 aliphatic rings. The topological polar surface area (TPSA) is 72.9 Å². The van der Waals surface area contributed by atoms with Gasteiger partial charge in [0, 0.05) is 35.9 Å². The predicted octanol–water partition coefficient (Wildman–Crippen LogP) is 4.05. The first-order valence-electron chi connectivity index (χ1n) is 10.1. The van der Waals surface area contributed by atoms with Crippen molar-refractivity contribution < 1.29 is 0 Å². The zero-order chi connectivity index (χ0) is 19.6. The number of nitrogens with two attached hydrogens (primary N) is 1. The van der Waals surface area contributed by atoms with Crippen molar-refractivity contribution in [2.24, 2.45) is 0 Å². The first-order valence-corrected chi connectivity index (χ1v) is 10.1. The molecule has 146 valence electrons. The molecule has 4 heterocycles. The number of likely N-dealkylation sites (tertiary alicyclic amines) is 1. The van der Waals surface area contributed by atoms with Gasteiger partial charge >= 0.3 is 0 Å². The van der Waals surface area contributed by atoms with E-state index in [1.165, 1.54) is 31.5 Å². The summed E-state index contributed by atoms with van der Waals surface area (Å²) in [6.07, 6.45) is 15.4. The van der Waals surface area contributed by atoms with Crippen LogP contribution < -0.4 is 5.73 Å². The maximum atomic E-state index is 6.22. The molecule has 0 amide bonds. The number of imidazole rings is 1. The van der Waals surface area contributed by atoms with Crippen molar-refractivity contribution in [2.45, 2.75) is 19.3 Å². The van der Waals surface area contributed by atoms with Crippen LogP contribution in [-0.2, 0) is 0 Å². The summed E-state index contributed by atoms with van der Waals surface area (Å²) in [4.78, 5) is 15.8. The summed E-state index contributed by atoms with van der Waals surface area (Å²) in [7, 11) is 0. The number of rotatable bonds is 5. The molecule has 29 heavy (non-hydrogen) atoms. The molecule has 4 aromatic rings. The van der Waals surface area contributed by atoms with E-state index in [2.05, 4.69) is 50.2 Å². The van der Waals surface area contributed by atoms with Gasteiger partial charge in [-0.2, -0.15) is 0 Å². The van der Waals surface area contributed by atoms with Crippen LogP contribution in [0, 0.1) is 0 Å². The maximum Gasteiger partial charge on any atom is 0.140 e. The standard InChI is InChI=1S/C23H24N6/c24-23-20-15-26-21-13-17(5-1-2-9-28-10-3-4-11-28)6-7-18(21)19(20)14-22(27-23)29-12-8-25-16-29/h1,5-8,12-16H,2-4,9-11H2,(H2,24,27). The Morgan fingerprint density at radius 3 is 2.79 bits per heavy atom. The van der Waals surface area contributed by atoms with Crippen molar-refractivity contribution in [3.63, 3.8) is 0 Å². The molecule has 2 N–H and O–H groups in total. The van der Waals surface area contributed by atoms with Gasteiger partial charge in [0.25, 0.3) is 0 Å².